The minimum absolute atomic E-state index is 0.510. The third-order valence-corrected chi connectivity index (χ3v) is 1.50. The zero-order valence-corrected chi connectivity index (χ0v) is 7.68. The minimum atomic E-state index is 0.510. The molecule has 3 nitrogen and oxygen atoms in total. The first-order valence-corrected chi connectivity index (χ1v) is 4.34. The average molecular weight is 169 g/mol. The van der Waals surface area contributed by atoms with E-state index in [2.05, 4.69) is 18.9 Å². The van der Waals surface area contributed by atoms with E-state index in [1.54, 1.807) is 12.5 Å². The maximum Gasteiger partial charge on any atom is 0.327 e. The van der Waals surface area contributed by atoms with Crippen molar-refractivity contribution >= 4 is 6.41 Å². The fraction of sp³-hybridized carbons (Fsp3) is 0.667. The Morgan fingerprint density at radius 2 is 2.33 bits per heavy atom. The van der Waals surface area contributed by atoms with Crippen LogP contribution in [0.5, 0.6) is 0 Å². The minimum Gasteiger partial charge on any atom is -0.266 e. The molecule has 0 aliphatic rings. The Hall–Kier alpha value is -0.830. The van der Waals surface area contributed by atoms with Gasteiger partial charge in [0.25, 0.3) is 0 Å². The summed E-state index contributed by atoms with van der Waals surface area (Å²) in [5, 5.41) is 1.38. The van der Waals surface area contributed by atoms with Gasteiger partial charge in [-0.1, -0.05) is 25.8 Å². The standard InChI is InChI=1S/C9H17N2O/c1-3-5-6-7-10-11(9-12)8-4-2/h4,10H,2-3,5-8H2,1H3. The molecule has 0 aliphatic carbocycles. The maximum atomic E-state index is 10.2. The zero-order chi connectivity index (χ0) is 9.23. The Morgan fingerprint density at radius 1 is 1.58 bits per heavy atom. The van der Waals surface area contributed by atoms with Crippen LogP contribution >= 0.6 is 0 Å². The molecule has 0 aromatic heterocycles. The Morgan fingerprint density at radius 3 is 2.83 bits per heavy atom. The number of carbonyl (C=O) groups excluding carboxylic acids is 1. The predicted octanol–water partition coefficient (Wildman–Crippen LogP) is 1.24. The van der Waals surface area contributed by atoms with E-state index >= 15 is 0 Å². The molecule has 0 heterocycles. The van der Waals surface area contributed by atoms with Crippen molar-refractivity contribution in [1.82, 2.24) is 10.4 Å². The monoisotopic (exact) mass is 169 g/mol. The summed E-state index contributed by atoms with van der Waals surface area (Å²) in [5.74, 6) is 0. The molecule has 0 atom stereocenters. The average Bonchev–Trinajstić information content (AvgIpc) is 2.10. The molecule has 0 rings (SSSR count). The van der Waals surface area contributed by atoms with Crippen molar-refractivity contribution in [3.05, 3.63) is 12.7 Å². The fourth-order valence-corrected chi connectivity index (χ4v) is 0.852. The number of rotatable bonds is 8. The van der Waals surface area contributed by atoms with Crippen molar-refractivity contribution in [2.75, 3.05) is 13.1 Å². The first-order chi connectivity index (χ1) is 5.85. The van der Waals surface area contributed by atoms with Crippen LogP contribution in [0.4, 0.5) is 0 Å². The van der Waals surface area contributed by atoms with Gasteiger partial charge in [0.2, 0.25) is 0 Å². The van der Waals surface area contributed by atoms with Crippen molar-refractivity contribution in [1.29, 1.82) is 0 Å². The molecule has 1 amide bonds. The Balaban J connectivity index is 3.31. The lowest BCUT2D eigenvalue weighted by Crippen LogP contribution is -2.37. The van der Waals surface area contributed by atoms with Gasteiger partial charge in [-0.25, -0.2) is 5.43 Å². The molecule has 0 aromatic rings. The molecule has 0 fully saturated rings. The summed E-state index contributed by atoms with van der Waals surface area (Å²) in [6.45, 7) is 7.02. The topological polar surface area (TPSA) is 32.3 Å². The van der Waals surface area contributed by atoms with Crippen LogP contribution in [0.3, 0.4) is 0 Å². The Bertz CT molecular complexity index is 126. The van der Waals surface area contributed by atoms with Crippen molar-refractivity contribution in [2.24, 2.45) is 0 Å². The van der Waals surface area contributed by atoms with Crippen LogP contribution in [0.1, 0.15) is 26.2 Å². The summed E-state index contributed by atoms with van der Waals surface area (Å²) in [6.07, 6.45) is 6.91. The highest BCUT2D eigenvalue weighted by Gasteiger charge is 1.96. The Labute approximate surface area is 74.4 Å². The molecule has 0 spiro atoms. The Kier molecular flexibility index (Phi) is 7.70. The van der Waals surface area contributed by atoms with Crippen LogP contribution in [0.15, 0.2) is 12.7 Å². The second-order valence-corrected chi connectivity index (χ2v) is 2.61. The normalized spacial score (nSPS) is 9.42. The number of hydrazine groups is 1. The summed E-state index contributed by atoms with van der Waals surface area (Å²) >= 11 is 0. The predicted molar refractivity (Wildman–Crippen MR) is 50.1 cm³/mol. The van der Waals surface area contributed by atoms with Crippen LogP contribution in [-0.2, 0) is 4.79 Å². The molecule has 69 valence electrons. The second kappa shape index (κ2) is 8.27. The fourth-order valence-electron chi connectivity index (χ4n) is 0.852. The highest BCUT2D eigenvalue weighted by Crippen LogP contribution is 1.91. The number of amides is 1. The first-order valence-electron chi connectivity index (χ1n) is 4.34. The van der Waals surface area contributed by atoms with E-state index in [0.29, 0.717) is 6.54 Å². The van der Waals surface area contributed by atoms with Gasteiger partial charge in [-0.15, -0.1) is 6.58 Å². The number of hydrogen-bond donors (Lipinski definition) is 1. The van der Waals surface area contributed by atoms with Crippen LogP contribution in [0.2, 0.25) is 0 Å². The number of hydrogen-bond acceptors (Lipinski definition) is 2. The molecule has 12 heavy (non-hydrogen) atoms. The number of unbranched alkanes of at least 4 members (excludes halogenated alkanes) is 2. The van der Waals surface area contributed by atoms with Crippen molar-refractivity contribution in [3.63, 3.8) is 0 Å². The van der Waals surface area contributed by atoms with Crippen LogP contribution < -0.4 is 5.43 Å². The summed E-state index contributed by atoms with van der Waals surface area (Å²) < 4.78 is 0. The van der Waals surface area contributed by atoms with Gasteiger partial charge in [0, 0.05) is 6.54 Å². The quantitative estimate of drug-likeness (QED) is 0.256. The smallest absolute Gasteiger partial charge is 0.266 e. The lowest BCUT2D eigenvalue weighted by Gasteiger charge is -2.14. The summed E-state index contributed by atoms with van der Waals surface area (Å²) in [4.78, 5) is 10.2. The molecule has 0 unspecified atom stereocenters. The molecule has 1 radical (unpaired) electrons. The van der Waals surface area contributed by atoms with Crippen LogP contribution in [0.25, 0.3) is 0 Å². The van der Waals surface area contributed by atoms with E-state index in [4.69, 9.17) is 0 Å². The molecule has 0 aromatic carbocycles. The summed E-state index contributed by atoms with van der Waals surface area (Å²) in [7, 11) is 0. The highest BCUT2D eigenvalue weighted by atomic mass is 16.1. The molecule has 1 N–H and O–H groups in total. The van der Waals surface area contributed by atoms with Crippen molar-refractivity contribution in [2.45, 2.75) is 26.2 Å². The van der Waals surface area contributed by atoms with E-state index in [-0.39, 0.29) is 0 Å². The van der Waals surface area contributed by atoms with Gasteiger partial charge < -0.3 is 0 Å². The van der Waals surface area contributed by atoms with Gasteiger partial charge in [0.15, 0.2) is 0 Å². The maximum absolute atomic E-state index is 10.2. The molecule has 0 aliphatic heterocycles. The van der Waals surface area contributed by atoms with Crippen molar-refractivity contribution < 1.29 is 4.79 Å². The van der Waals surface area contributed by atoms with E-state index in [9.17, 15) is 4.79 Å². The molecule has 0 saturated carbocycles. The third kappa shape index (κ3) is 5.92. The lowest BCUT2D eigenvalue weighted by molar-refractivity contribution is 0.309. The summed E-state index contributed by atoms with van der Waals surface area (Å²) in [5.41, 5.74) is 2.94. The molecular weight excluding hydrogens is 152 g/mol. The van der Waals surface area contributed by atoms with E-state index in [1.165, 1.54) is 17.9 Å². The SMILES string of the molecule is C=CCN([C]=O)NCCCCC. The lowest BCUT2D eigenvalue weighted by atomic mass is 10.2. The van der Waals surface area contributed by atoms with Gasteiger partial charge >= 0.3 is 6.41 Å². The largest absolute Gasteiger partial charge is 0.327 e. The van der Waals surface area contributed by atoms with E-state index < -0.39 is 0 Å². The van der Waals surface area contributed by atoms with Gasteiger partial charge in [0.05, 0.1) is 6.54 Å². The molecule has 0 bridgehead atoms. The van der Waals surface area contributed by atoms with Gasteiger partial charge in [0.1, 0.15) is 0 Å². The highest BCUT2D eigenvalue weighted by molar-refractivity contribution is 5.47. The molecular formula is C9H17N2O. The van der Waals surface area contributed by atoms with Gasteiger partial charge in [-0.05, 0) is 6.42 Å². The van der Waals surface area contributed by atoms with E-state index in [1.807, 2.05) is 0 Å². The summed E-state index contributed by atoms with van der Waals surface area (Å²) in [6, 6.07) is 0. The second-order valence-electron chi connectivity index (χ2n) is 2.61. The first kappa shape index (κ1) is 11.2. The van der Waals surface area contributed by atoms with Crippen LogP contribution in [0, 0.1) is 0 Å². The third-order valence-electron chi connectivity index (χ3n) is 1.50. The number of nitrogens with zero attached hydrogens (tertiary/aromatic N) is 1. The van der Waals surface area contributed by atoms with Gasteiger partial charge in [-0.2, -0.15) is 0 Å². The van der Waals surface area contributed by atoms with Gasteiger partial charge in [-0.3, -0.25) is 9.80 Å². The zero-order valence-electron chi connectivity index (χ0n) is 7.68. The van der Waals surface area contributed by atoms with Crippen LogP contribution in [-0.4, -0.2) is 24.5 Å². The van der Waals surface area contributed by atoms with Crippen molar-refractivity contribution in [3.8, 4) is 0 Å². The van der Waals surface area contributed by atoms with E-state index in [0.717, 1.165) is 13.0 Å². The molecule has 3 heteroatoms. The number of nitrogens with one attached hydrogen (secondary N) is 1. The molecule has 0 saturated heterocycles.